The number of nitrogen functional groups attached to an aromatic ring is 1. The second kappa shape index (κ2) is 5.61. The molecule has 0 radical (unpaired) electrons. The Kier molecular flexibility index (Phi) is 4.24. The van der Waals surface area contributed by atoms with Crippen LogP contribution in [0.1, 0.15) is 29.4 Å². The number of rotatable bonds is 4. The SMILES string of the molecule is COc1c(NC2CCS(=O)(=O)CC2)sc(C(C)=O)c1N. The van der Waals surface area contributed by atoms with Gasteiger partial charge in [0, 0.05) is 13.0 Å². The monoisotopic (exact) mass is 318 g/mol. The molecule has 2 heterocycles. The van der Waals surface area contributed by atoms with E-state index < -0.39 is 9.84 Å². The van der Waals surface area contributed by atoms with Crippen molar-refractivity contribution < 1.29 is 17.9 Å². The first-order valence-electron chi connectivity index (χ1n) is 6.28. The average Bonchev–Trinajstić information content (AvgIpc) is 2.68. The number of nitrogens with one attached hydrogen (secondary N) is 1. The van der Waals surface area contributed by atoms with Crippen molar-refractivity contribution in [2.75, 3.05) is 29.7 Å². The van der Waals surface area contributed by atoms with E-state index in [9.17, 15) is 13.2 Å². The fourth-order valence-electron chi connectivity index (χ4n) is 2.21. The van der Waals surface area contributed by atoms with Crippen molar-refractivity contribution in [3.63, 3.8) is 0 Å². The minimum Gasteiger partial charge on any atom is -0.492 e. The maximum atomic E-state index is 11.5. The highest BCUT2D eigenvalue weighted by Crippen LogP contribution is 2.43. The number of anilines is 2. The number of Topliss-reactive ketones (excluding diaryl/α,β-unsaturated/α-hetero) is 1. The summed E-state index contributed by atoms with van der Waals surface area (Å²) in [6.45, 7) is 1.46. The topological polar surface area (TPSA) is 98.5 Å². The molecule has 20 heavy (non-hydrogen) atoms. The molecule has 1 fully saturated rings. The molecule has 1 aliphatic heterocycles. The van der Waals surface area contributed by atoms with E-state index in [0.717, 1.165) is 0 Å². The summed E-state index contributed by atoms with van der Waals surface area (Å²) in [5.74, 6) is 0.736. The largest absolute Gasteiger partial charge is 0.492 e. The maximum absolute atomic E-state index is 11.5. The van der Waals surface area contributed by atoms with Gasteiger partial charge in [-0.25, -0.2) is 8.42 Å². The molecule has 0 amide bonds. The molecule has 6 nitrogen and oxygen atoms in total. The third kappa shape index (κ3) is 3.06. The number of nitrogens with two attached hydrogens (primary N) is 1. The Bertz CT molecular complexity index is 608. The number of methoxy groups -OCH3 is 1. The minimum absolute atomic E-state index is 0.0604. The van der Waals surface area contributed by atoms with Crippen molar-refractivity contribution in [1.82, 2.24) is 0 Å². The minimum atomic E-state index is -2.89. The van der Waals surface area contributed by atoms with Gasteiger partial charge in [-0.15, -0.1) is 11.3 Å². The summed E-state index contributed by atoms with van der Waals surface area (Å²) < 4.78 is 28.1. The summed E-state index contributed by atoms with van der Waals surface area (Å²) in [6.07, 6.45) is 1.11. The molecular weight excluding hydrogens is 300 g/mol. The Morgan fingerprint density at radius 3 is 2.50 bits per heavy atom. The molecule has 8 heteroatoms. The molecule has 1 aliphatic rings. The van der Waals surface area contributed by atoms with E-state index in [1.165, 1.54) is 25.4 Å². The van der Waals surface area contributed by atoms with Gasteiger partial charge in [0.2, 0.25) is 0 Å². The van der Waals surface area contributed by atoms with E-state index in [1.54, 1.807) is 0 Å². The highest BCUT2D eigenvalue weighted by molar-refractivity contribution is 7.91. The first-order chi connectivity index (χ1) is 9.34. The quantitative estimate of drug-likeness (QED) is 0.817. The Labute approximate surface area is 122 Å². The van der Waals surface area contributed by atoms with E-state index in [2.05, 4.69) is 5.32 Å². The first kappa shape index (κ1) is 15.1. The predicted molar refractivity (Wildman–Crippen MR) is 80.6 cm³/mol. The molecule has 0 atom stereocenters. The van der Waals surface area contributed by atoms with Crippen LogP contribution in [0.4, 0.5) is 10.7 Å². The molecule has 3 N–H and O–H groups in total. The maximum Gasteiger partial charge on any atom is 0.176 e. The molecule has 0 saturated carbocycles. The van der Waals surface area contributed by atoms with Crippen LogP contribution in [0.15, 0.2) is 0 Å². The molecule has 1 saturated heterocycles. The summed E-state index contributed by atoms with van der Waals surface area (Å²) >= 11 is 1.25. The zero-order chi connectivity index (χ0) is 14.9. The molecule has 0 bridgehead atoms. The number of hydrogen-bond donors (Lipinski definition) is 2. The molecule has 0 spiro atoms. The molecule has 0 unspecified atom stereocenters. The number of sulfone groups is 1. The Balaban J connectivity index is 2.17. The zero-order valence-corrected chi connectivity index (χ0v) is 13.1. The van der Waals surface area contributed by atoms with Gasteiger partial charge in [0.05, 0.1) is 29.2 Å². The van der Waals surface area contributed by atoms with Crippen LogP contribution >= 0.6 is 11.3 Å². The van der Waals surface area contributed by atoms with Gasteiger partial charge in [-0.1, -0.05) is 0 Å². The fourth-order valence-corrected chi connectivity index (χ4v) is 4.76. The summed E-state index contributed by atoms with van der Waals surface area (Å²) in [5.41, 5.74) is 6.24. The number of ether oxygens (including phenoxy) is 1. The predicted octanol–water partition coefficient (Wildman–Crippen LogP) is 1.53. The van der Waals surface area contributed by atoms with Crippen LogP contribution in [0.3, 0.4) is 0 Å². The summed E-state index contributed by atoms with van der Waals surface area (Å²) in [5, 5.41) is 3.95. The van der Waals surface area contributed by atoms with Crippen molar-refractivity contribution in [3.05, 3.63) is 4.88 Å². The number of carbonyl (C=O) groups excluding carboxylic acids is 1. The third-order valence-corrected chi connectivity index (χ3v) is 6.25. The fraction of sp³-hybridized carbons (Fsp3) is 0.583. The Morgan fingerprint density at radius 2 is 2.00 bits per heavy atom. The second-order valence-corrected chi connectivity index (χ2v) is 8.16. The van der Waals surface area contributed by atoms with Crippen LogP contribution in [0.2, 0.25) is 0 Å². The van der Waals surface area contributed by atoms with Gasteiger partial charge in [0.25, 0.3) is 0 Å². The summed E-state index contributed by atoms with van der Waals surface area (Å²) in [7, 11) is -1.39. The first-order valence-corrected chi connectivity index (χ1v) is 8.92. The van der Waals surface area contributed by atoms with Crippen molar-refractivity contribution in [2.24, 2.45) is 0 Å². The number of hydrogen-bond acceptors (Lipinski definition) is 7. The Morgan fingerprint density at radius 1 is 1.40 bits per heavy atom. The van der Waals surface area contributed by atoms with E-state index in [1.807, 2.05) is 0 Å². The lowest BCUT2D eigenvalue weighted by Crippen LogP contribution is -2.31. The molecule has 0 aliphatic carbocycles. The van der Waals surface area contributed by atoms with Crippen molar-refractivity contribution in [3.8, 4) is 5.75 Å². The van der Waals surface area contributed by atoms with E-state index in [-0.39, 0.29) is 23.3 Å². The van der Waals surface area contributed by atoms with Crippen LogP contribution in [-0.4, -0.2) is 38.9 Å². The Hall–Kier alpha value is -1.28. The van der Waals surface area contributed by atoms with Gasteiger partial charge >= 0.3 is 0 Å². The third-order valence-electron chi connectivity index (χ3n) is 3.31. The van der Waals surface area contributed by atoms with Crippen molar-refractivity contribution >= 4 is 37.6 Å². The lowest BCUT2D eigenvalue weighted by molar-refractivity contribution is 0.102. The average molecular weight is 318 g/mol. The molecule has 112 valence electrons. The van der Waals surface area contributed by atoms with Gasteiger partial charge in [0.1, 0.15) is 14.8 Å². The molecule has 0 aromatic carbocycles. The second-order valence-electron chi connectivity index (χ2n) is 4.83. The number of ketones is 1. The normalized spacial score (nSPS) is 18.7. The smallest absolute Gasteiger partial charge is 0.176 e. The standard InChI is InChI=1S/C12H18N2O4S2/c1-7(15)11-9(13)10(18-2)12(19-11)14-8-3-5-20(16,17)6-4-8/h8,14H,3-6,13H2,1-2H3. The number of thiophene rings is 1. The molecule has 2 rings (SSSR count). The highest BCUT2D eigenvalue weighted by Gasteiger charge is 2.26. The molecule has 1 aromatic heterocycles. The van der Waals surface area contributed by atoms with Gasteiger partial charge < -0.3 is 15.8 Å². The van der Waals surface area contributed by atoms with Crippen LogP contribution in [-0.2, 0) is 9.84 Å². The van der Waals surface area contributed by atoms with Crippen molar-refractivity contribution in [2.45, 2.75) is 25.8 Å². The van der Waals surface area contributed by atoms with Crippen LogP contribution < -0.4 is 15.8 Å². The van der Waals surface area contributed by atoms with Gasteiger partial charge in [-0.3, -0.25) is 4.79 Å². The van der Waals surface area contributed by atoms with Crippen molar-refractivity contribution in [1.29, 1.82) is 0 Å². The van der Waals surface area contributed by atoms with Gasteiger partial charge in [-0.2, -0.15) is 0 Å². The lowest BCUT2D eigenvalue weighted by atomic mass is 10.1. The van der Waals surface area contributed by atoms with Crippen LogP contribution in [0.5, 0.6) is 5.75 Å². The molecule has 1 aromatic rings. The van der Waals surface area contributed by atoms with E-state index >= 15 is 0 Å². The lowest BCUT2D eigenvalue weighted by Gasteiger charge is -2.23. The van der Waals surface area contributed by atoms with Gasteiger partial charge in [-0.05, 0) is 12.8 Å². The molecular formula is C12H18N2O4S2. The zero-order valence-electron chi connectivity index (χ0n) is 11.4. The number of carbonyl (C=O) groups is 1. The van der Waals surface area contributed by atoms with Crippen LogP contribution in [0, 0.1) is 0 Å². The van der Waals surface area contributed by atoms with E-state index in [0.29, 0.717) is 34.2 Å². The summed E-state index contributed by atoms with van der Waals surface area (Å²) in [4.78, 5) is 12.0. The van der Waals surface area contributed by atoms with E-state index in [4.69, 9.17) is 10.5 Å². The summed E-state index contributed by atoms with van der Waals surface area (Å²) in [6, 6.07) is 0.0604. The van der Waals surface area contributed by atoms with Gasteiger partial charge in [0.15, 0.2) is 11.5 Å². The van der Waals surface area contributed by atoms with Crippen LogP contribution in [0.25, 0.3) is 0 Å². The highest BCUT2D eigenvalue weighted by atomic mass is 32.2.